The summed E-state index contributed by atoms with van der Waals surface area (Å²) < 4.78 is 6.12. The number of hydrazine groups is 1. The summed E-state index contributed by atoms with van der Waals surface area (Å²) >= 11 is 9.31. The minimum atomic E-state index is -0.457. The Morgan fingerprint density at radius 1 is 1.20 bits per heavy atom. The summed E-state index contributed by atoms with van der Waals surface area (Å²) in [5, 5.41) is 0.465. The topological polar surface area (TPSA) is 67.4 Å². The van der Waals surface area contributed by atoms with Crippen molar-refractivity contribution in [2.45, 2.75) is 12.3 Å². The van der Waals surface area contributed by atoms with Gasteiger partial charge in [0, 0.05) is 15.4 Å². The smallest absolute Gasteiger partial charge is 0.273 e. The molecule has 1 aliphatic rings. The molecule has 5 nitrogen and oxygen atoms in total. The van der Waals surface area contributed by atoms with Gasteiger partial charge < -0.3 is 4.74 Å². The number of carbonyl (C=O) groups excluding carboxylic acids is 2. The molecule has 2 unspecified atom stereocenters. The lowest BCUT2D eigenvalue weighted by atomic mass is 10.1. The normalized spacial score (nSPS) is 18.4. The van der Waals surface area contributed by atoms with Crippen LogP contribution >= 0.6 is 27.5 Å². The zero-order chi connectivity index (χ0) is 18.0. The standard InChI is InChI=1S/C18H16BrClN2O3/c1-25-16-8-12(20)5-6-13(16)17(23)21-22-18(24)15-9-14(15)10-3-2-4-11(19)7-10/h2-8,14-15H,9H2,1H3,(H,21,23)(H,22,24). The minimum Gasteiger partial charge on any atom is -0.496 e. The minimum absolute atomic E-state index is 0.137. The Labute approximate surface area is 158 Å². The molecule has 2 amide bonds. The molecule has 2 aromatic carbocycles. The molecule has 0 radical (unpaired) electrons. The van der Waals surface area contributed by atoms with Crippen LogP contribution in [0.15, 0.2) is 46.9 Å². The van der Waals surface area contributed by atoms with Crippen LogP contribution in [0.3, 0.4) is 0 Å². The second-order valence-electron chi connectivity index (χ2n) is 5.79. The number of hydrogen-bond acceptors (Lipinski definition) is 3. The van der Waals surface area contributed by atoms with E-state index in [2.05, 4.69) is 26.8 Å². The fraction of sp³-hybridized carbons (Fsp3) is 0.222. The largest absolute Gasteiger partial charge is 0.496 e. The summed E-state index contributed by atoms with van der Waals surface area (Å²) in [7, 11) is 1.45. The van der Waals surface area contributed by atoms with Crippen LogP contribution in [0, 0.1) is 5.92 Å². The number of nitrogens with one attached hydrogen (secondary N) is 2. The highest BCUT2D eigenvalue weighted by Crippen LogP contribution is 2.47. The van der Waals surface area contributed by atoms with E-state index in [-0.39, 0.29) is 17.7 Å². The first-order valence-electron chi connectivity index (χ1n) is 7.69. The van der Waals surface area contributed by atoms with E-state index < -0.39 is 5.91 Å². The van der Waals surface area contributed by atoms with Crippen LogP contribution in [0.25, 0.3) is 0 Å². The molecule has 2 aromatic rings. The van der Waals surface area contributed by atoms with E-state index in [1.165, 1.54) is 7.11 Å². The number of methoxy groups -OCH3 is 1. The maximum atomic E-state index is 12.2. The molecule has 0 aliphatic heterocycles. The lowest BCUT2D eigenvalue weighted by molar-refractivity contribution is -0.123. The van der Waals surface area contributed by atoms with Crippen molar-refractivity contribution in [3.63, 3.8) is 0 Å². The molecule has 0 heterocycles. The third-order valence-corrected chi connectivity index (χ3v) is 4.84. The second kappa shape index (κ2) is 7.45. The van der Waals surface area contributed by atoms with Gasteiger partial charge in [-0.3, -0.25) is 20.4 Å². The molecule has 1 aliphatic carbocycles. The van der Waals surface area contributed by atoms with Crippen molar-refractivity contribution in [1.29, 1.82) is 0 Å². The SMILES string of the molecule is COc1cc(Cl)ccc1C(=O)NNC(=O)C1CC1c1cccc(Br)c1. The van der Waals surface area contributed by atoms with Gasteiger partial charge in [-0.15, -0.1) is 0 Å². The summed E-state index contributed by atoms with van der Waals surface area (Å²) in [5.41, 5.74) is 6.32. The Kier molecular flexibility index (Phi) is 5.30. The van der Waals surface area contributed by atoms with Gasteiger partial charge in [-0.2, -0.15) is 0 Å². The first-order valence-corrected chi connectivity index (χ1v) is 8.86. The van der Waals surface area contributed by atoms with Crippen LogP contribution in [-0.4, -0.2) is 18.9 Å². The van der Waals surface area contributed by atoms with Crippen LogP contribution in [0.1, 0.15) is 28.3 Å². The van der Waals surface area contributed by atoms with Crippen LogP contribution in [0.4, 0.5) is 0 Å². The molecular formula is C18H16BrClN2O3. The molecule has 7 heteroatoms. The molecule has 2 atom stereocenters. The number of rotatable bonds is 4. The van der Waals surface area contributed by atoms with Crippen molar-refractivity contribution in [2.75, 3.05) is 7.11 Å². The van der Waals surface area contributed by atoms with Crippen LogP contribution < -0.4 is 15.6 Å². The third-order valence-electron chi connectivity index (χ3n) is 4.11. The fourth-order valence-electron chi connectivity index (χ4n) is 2.72. The first kappa shape index (κ1) is 17.8. The van der Waals surface area contributed by atoms with E-state index in [9.17, 15) is 9.59 Å². The van der Waals surface area contributed by atoms with E-state index in [1.807, 2.05) is 24.3 Å². The summed E-state index contributed by atoms with van der Waals surface area (Å²) in [5.74, 6) is -0.272. The second-order valence-corrected chi connectivity index (χ2v) is 7.14. The zero-order valence-corrected chi connectivity index (χ0v) is 15.7. The van der Waals surface area contributed by atoms with Crippen LogP contribution in [-0.2, 0) is 4.79 Å². The van der Waals surface area contributed by atoms with Gasteiger partial charge in [-0.05, 0) is 48.2 Å². The number of carbonyl (C=O) groups is 2. The number of benzene rings is 2. The summed E-state index contributed by atoms with van der Waals surface area (Å²) in [6.07, 6.45) is 0.766. The molecular weight excluding hydrogens is 408 g/mol. The molecule has 2 N–H and O–H groups in total. The van der Waals surface area contributed by atoms with Gasteiger partial charge in [0.05, 0.1) is 12.7 Å². The highest BCUT2D eigenvalue weighted by molar-refractivity contribution is 9.10. The van der Waals surface area contributed by atoms with Crippen molar-refractivity contribution in [3.8, 4) is 5.75 Å². The van der Waals surface area contributed by atoms with Crippen molar-refractivity contribution >= 4 is 39.3 Å². The molecule has 0 bridgehead atoms. The first-order chi connectivity index (χ1) is 12.0. The molecule has 3 rings (SSSR count). The van der Waals surface area contributed by atoms with E-state index in [0.29, 0.717) is 16.3 Å². The quantitative estimate of drug-likeness (QED) is 0.737. The lowest BCUT2D eigenvalue weighted by Gasteiger charge is -2.10. The Morgan fingerprint density at radius 3 is 2.72 bits per heavy atom. The molecule has 1 saturated carbocycles. The maximum Gasteiger partial charge on any atom is 0.273 e. The van der Waals surface area contributed by atoms with Gasteiger partial charge in [0.2, 0.25) is 5.91 Å². The Balaban J connectivity index is 1.57. The highest BCUT2D eigenvalue weighted by atomic mass is 79.9. The van der Waals surface area contributed by atoms with Crippen molar-refractivity contribution in [1.82, 2.24) is 10.9 Å². The Morgan fingerprint density at radius 2 is 2.00 bits per heavy atom. The maximum absolute atomic E-state index is 12.2. The van der Waals surface area contributed by atoms with Crippen LogP contribution in [0.5, 0.6) is 5.75 Å². The third kappa shape index (κ3) is 4.14. The number of amides is 2. The predicted molar refractivity (Wildman–Crippen MR) is 98.6 cm³/mol. The zero-order valence-electron chi connectivity index (χ0n) is 13.4. The van der Waals surface area contributed by atoms with Crippen molar-refractivity contribution in [3.05, 3.63) is 63.1 Å². The molecule has 130 valence electrons. The van der Waals surface area contributed by atoms with Crippen LogP contribution in [0.2, 0.25) is 5.02 Å². The Hall–Kier alpha value is -2.05. The Bertz CT molecular complexity index is 828. The monoisotopic (exact) mass is 422 g/mol. The van der Waals surface area contributed by atoms with E-state index >= 15 is 0 Å². The van der Waals surface area contributed by atoms with Crippen molar-refractivity contribution < 1.29 is 14.3 Å². The van der Waals surface area contributed by atoms with E-state index in [4.69, 9.17) is 16.3 Å². The van der Waals surface area contributed by atoms with Gasteiger partial charge in [0.1, 0.15) is 5.75 Å². The number of ether oxygens (including phenoxy) is 1. The van der Waals surface area contributed by atoms with Gasteiger partial charge in [0.15, 0.2) is 0 Å². The van der Waals surface area contributed by atoms with Crippen molar-refractivity contribution in [2.24, 2.45) is 5.92 Å². The average molecular weight is 424 g/mol. The molecule has 0 aromatic heterocycles. The summed E-state index contributed by atoms with van der Waals surface area (Å²) in [6, 6.07) is 12.6. The summed E-state index contributed by atoms with van der Waals surface area (Å²) in [4.78, 5) is 24.5. The summed E-state index contributed by atoms with van der Waals surface area (Å²) in [6.45, 7) is 0. The molecule has 0 saturated heterocycles. The van der Waals surface area contributed by atoms with Gasteiger partial charge >= 0.3 is 0 Å². The molecule has 0 spiro atoms. The highest BCUT2D eigenvalue weighted by Gasteiger charge is 2.44. The van der Waals surface area contributed by atoms with Gasteiger partial charge in [-0.1, -0.05) is 39.7 Å². The number of halogens is 2. The van der Waals surface area contributed by atoms with E-state index in [0.717, 1.165) is 16.5 Å². The average Bonchev–Trinajstić information content (AvgIpc) is 3.40. The predicted octanol–water partition coefficient (Wildman–Crippen LogP) is 3.68. The number of hydrogen-bond donors (Lipinski definition) is 2. The molecule has 25 heavy (non-hydrogen) atoms. The van der Waals surface area contributed by atoms with E-state index in [1.54, 1.807) is 18.2 Å². The molecule has 1 fully saturated rings. The van der Waals surface area contributed by atoms with Gasteiger partial charge in [-0.25, -0.2) is 0 Å². The van der Waals surface area contributed by atoms with Gasteiger partial charge in [0.25, 0.3) is 5.91 Å². The lowest BCUT2D eigenvalue weighted by Crippen LogP contribution is -2.42. The fourth-order valence-corrected chi connectivity index (χ4v) is 3.30.